The van der Waals surface area contributed by atoms with E-state index in [-0.39, 0.29) is 5.56 Å². The predicted molar refractivity (Wildman–Crippen MR) is 117 cm³/mol. The van der Waals surface area contributed by atoms with Gasteiger partial charge in [0.2, 0.25) is 0 Å². The zero-order chi connectivity index (χ0) is 23.6. The van der Waals surface area contributed by atoms with E-state index in [1.807, 2.05) is 6.20 Å². The minimum atomic E-state index is -4.67. The summed E-state index contributed by atoms with van der Waals surface area (Å²) in [7, 11) is 1.80. The Morgan fingerprint density at radius 1 is 1.09 bits per heavy atom. The van der Waals surface area contributed by atoms with Crippen LogP contribution in [0.4, 0.5) is 18.9 Å². The molecule has 0 spiro atoms. The summed E-state index contributed by atoms with van der Waals surface area (Å²) in [6, 6.07) is 12.9. The number of aryl methyl sites for hydroxylation is 1. The van der Waals surface area contributed by atoms with Crippen molar-refractivity contribution in [3.8, 4) is 22.8 Å². The average Bonchev–Trinajstić information content (AvgIpc) is 3.20. The van der Waals surface area contributed by atoms with E-state index < -0.39 is 22.7 Å². The third kappa shape index (κ3) is 5.32. The van der Waals surface area contributed by atoms with Gasteiger partial charge in [0.25, 0.3) is 5.91 Å². The van der Waals surface area contributed by atoms with Crippen LogP contribution in [0.3, 0.4) is 0 Å². The molecule has 0 bridgehead atoms. The zero-order valence-corrected chi connectivity index (χ0v) is 17.9. The van der Waals surface area contributed by atoms with Crippen LogP contribution in [0.2, 0.25) is 5.02 Å². The van der Waals surface area contributed by atoms with Crippen LogP contribution in [-0.2, 0) is 13.2 Å². The second-order valence-corrected chi connectivity index (χ2v) is 7.46. The number of alkyl halides is 3. The molecule has 0 saturated heterocycles. The Kier molecular flexibility index (Phi) is 6.06. The van der Waals surface area contributed by atoms with Gasteiger partial charge >= 0.3 is 6.18 Å². The summed E-state index contributed by atoms with van der Waals surface area (Å²) < 4.78 is 46.8. The molecule has 0 fully saturated rings. The first-order chi connectivity index (χ1) is 15.7. The van der Waals surface area contributed by atoms with Crippen molar-refractivity contribution in [2.75, 3.05) is 5.32 Å². The summed E-state index contributed by atoms with van der Waals surface area (Å²) >= 11 is 5.62. The van der Waals surface area contributed by atoms with E-state index in [9.17, 15) is 18.0 Å². The third-order valence-electron chi connectivity index (χ3n) is 4.59. The van der Waals surface area contributed by atoms with Crippen LogP contribution < -0.4 is 10.1 Å². The molecule has 0 radical (unpaired) electrons. The van der Waals surface area contributed by atoms with Crippen molar-refractivity contribution in [3.63, 3.8) is 0 Å². The Hall–Kier alpha value is -3.85. The molecular weight excluding hydrogens is 457 g/mol. The maximum Gasteiger partial charge on any atom is 0.417 e. The molecule has 4 rings (SSSR count). The number of carbonyl (C=O) groups is 1. The molecule has 168 valence electrons. The fourth-order valence-electron chi connectivity index (χ4n) is 3.05. The van der Waals surface area contributed by atoms with Crippen LogP contribution >= 0.6 is 11.6 Å². The number of pyridine rings is 1. The molecule has 0 aliphatic heterocycles. The molecule has 0 saturated carbocycles. The fraction of sp³-hybridized carbons (Fsp3) is 0.0870. The lowest BCUT2D eigenvalue weighted by atomic mass is 10.1. The van der Waals surface area contributed by atoms with Crippen molar-refractivity contribution in [2.45, 2.75) is 6.18 Å². The molecule has 33 heavy (non-hydrogen) atoms. The number of carbonyl (C=O) groups excluding carboxylic acids is 1. The Morgan fingerprint density at radius 2 is 1.88 bits per heavy atom. The lowest BCUT2D eigenvalue weighted by Gasteiger charge is -2.12. The summed E-state index contributed by atoms with van der Waals surface area (Å²) in [4.78, 5) is 16.8. The minimum Gasteiger partial charge on any atom is -0.457 e. The minimum absolute atomic E-state index is 0.173. The van der Waals surface area contributed by atoms with Crippen LogP contribution in [0, 0.1) is 0 Å². The highest BCUT2D eigenvalue weighted by Crippen LogP contribution is 2.35. The number of ether oxygens (including phenoxy) is 1. The molecule has 6 nitrogen and oxygen atoms in total. The molecule has 1 N–H and O–H groups in total. The van der Waals surface area contributed by atoms with Crippen LogP contribution in [0.15, 0.2) is 73.2 Å². The maximum absolute atomic E-state index is 13.1. The van der Waals surface area contributed by atoms with Gasteiger partial charge in [-0.1, -0.05) is 17.7 Å². The van der Waals surface area contributed by atoms with Gasteiger partial charge in [0.05, 0.1) is 22.5 Å². The van der Waals surface area contributed by atoms with E-state index in [4.69, 9.17) is 16.3 Å². The third-order valence-corrected chi connectivity index (χ3v) is 4.92. The topological polar surface area (TPSA) is 69.0 Å². The zero-order valence-electron chi connectivity index (χ0n) is 17.1. The number of anilines is 1. The van der Waals surface area contributed by atoms with Gasteiger partial charge in [0.1, 0.15) is 11.5 Å². The lowest BCUT2D eigenvalue weighted by molar-refractivity contribution is -0.137. The fourth-order valence-corrected chi connectivity index (χ4v) is 3.27. The first kappa shape index (κ1) is 22.3. The van der Waals surface area contributed by atoms with Gasteiger partial charge in [-0.3, -0.25) is 14.5 Å². The molecule has 0 aliphatic carbocycles. The van der Waals surface area contributed by atoms with Crippen molar-refractivity contribution in [1.29, 1.82) is 0 Å². The number of amides is 1. The van der Waals surface area contributed by atoms with Gasteiger partial charge in [-0.15, -0.1) is 0 Å². The molecule has 2 heterocycles. The molecule has 0 aliphatic rings. The van der Waals surface area contributed by atoms with E-state index in [2.05, 4.69) is 15.4 Å². The highest BCUT2D eigenvalue weighted by atomic mass is 35.5. The van der Waals surface area contributed by atoms with Gasteiger partial charge in [-0.05, 0) is 36.4 Å². The predicted octanol–water partition coefficient (Wildman–Crippen LogP) is 6.20. The van der Waals surface area contributed by atoms with E-state index in [1.165, 1.54) is 6.07 Å². The number of hydrogen-bond acceptors (Lipinski definition) is 4. The van der Waals surface area contributed by atoms with Gasteiger partial charge in [0, 0.05) is 48.4 Å². The number of nitrogens with one attached hydrogen (secondary N) is 1. The number of nitrogens with zero attached hydrogens (tertiary/aromatic N) is 3. The number of benzene rings is 2. The van der Waals surface area contributed by atoms with Crippen molar-refractivity contribution in [2.24, 2.45) is 7.05 Å². The summed E-state index contributed by atoms with van der Waals surface area (Å²) in [5, 5.41) is 6.22. The second kappa shape index (κ2) is 8.95. The van der Waals surface area contributed by atoms with E-state index in [1.54, 1.807) is 60.5 Å². The highest BCUT2D eigenvalue weighted by molar-refractivity contribution is 6.31. The number of hydrogen-bond donors (Lipinski definition) is 1. The van der Waals surface area contributed by atoms with Crippen molar-refractivity contribution in [3.05, 3.63) is 89.3 Å². The van der Waals surface area contributed by atoms with Crippen molar-refractivity contribution in [1.82, 2.24) is 14.8 Å². The molecule has 0 atom stereocenters. The molecule has 1 amide bonds. The van der Waals surface area contributed by atoms with Crippen LogP contribution in [0.25, 0.3) is 11.3 Å². The SMILES string of the molecule is Cn1cc(-c2cc(Oc3cccc(NC(=O)c4ccc(Cl)c(C(F)(F)F)c4)c3)ccn2)cn1. The first-order valence-corrected chi connectivity index (χ1v) is 9.98. The summed E-state index contributed by atoms with van der Waals surface area (Å²) in [5.41, 5.74) is 0.602. The molecule has 2 aromatic carbocycles. The monoisotopic (exact) mass is 472 g/mol. The van der Waals surface area contributed by atoms with Crippen molar-refractivity contribution < 1.29 is 22.7 Å². The lowest BCUT2D eigenvalue weighted by Crippen LogP contribution is -2.14. The quantitative estimate of drug-likeness (QED) is 0.375. The van der Waals surface area contributed by atoms with Gasteiger partial charge in [-0.2, -0.15) is 18.3 Å². The smallest absolute Gasteiger partial charge is 0.417 e. The van der Waals surface area contributed by atoms with Crippen LogP contribution in [0.5, 0.6) is 11.5 Å². The summed E-state index contributed by atoms with van der Waals surface area (Å²) in [5.74, 6) is 0.222. The van der Waals surface area contributed by atoms with Crippen molar-refractivity contribution >= 4 is 23.2 Å². The molecule has 4 aromatic rings. The van der Waals surface area contributed by atoms with Gasteiger partial charge in [0.15, 0.2) is 0 Å². The number of rotatable bonds is 5. The molecule has 10 heteroatoms. The Bertz CT molecular complexity index is 1320. The molecular formula is C23H16ClF3N4O2. The number of halogens is 4. The van der Waals surface area contributed by atoms with Crippen LogP contribution in [0.1, 0.15) is 15.9 Å². The largest absolute Gasteiger partial charge is 0.457 e. The van der Waals surface area contributed by atoms with E-state index in [0.29, 0.717) is 22.9 Å². The van der Waals surface area contributed by atoms with Crippen LogP contribution in [-0.4, -0.2) is 20.7 Å². The Labute approximate surface area is 191 Å². The average molecular weight is 473 g/mol. The van der Waals surface area contributed by atoms with E-state index >= 15 is 0 Å². The normalized spacial score (nSPS) is 11.3. The molecule has 2 aromatic heterocycles. The van der Waals surface area contributed by atoms with Gasteiger partial charge in [-0.25, -0.2) is 0 Å². The summed E-state index contributed by atoms with van der Waals surface area (Å²) in [6.07, 6.45) is 0.439. The first-order valence-electron chi connectivity index (χ1n) is 9.60. The Morgan fingerprint density at radius 3 is 2.61 bits per heavy atom. The Balaban J connectivity index is 1.50. The maximum atomic E-state index is 13.1. The van der Waals surface area contributed by atoms with E-state index in [0.717, 1.165) is 17.7 Å². The highest BCUT2D eigenvalue weighted by Gasteiger charge is 2.33. The molecule has 0 unspecified atom stereocenters. The standard InChI is InChI=1S/C23H16ClF3N4O2/c1-31-13-15(12-29-31)21-11-18(7-8-28-21)33-17-4-2-3-16(10-17)30-22(32)14-5-6-20(24)19(9-14)23(25,26)27/h2-13H,1H3,(H,30,32). The van der Waals surface area contributed by atoms with Gasteiger partial charge < -0.3 is 10.1 Å². The number of aromatic nitrogens is 3. The second-order valence-electron chi connectivity index (χ2n) is 7.06. The summed E-state index contributed by atoms with van der Waals surface area (Å²) in [6.45, 7) is 0.